The lowest BCUT2D eigenvalue weighted by Crippen LogP contribution is -2.23. The Kier molecular flexibility index (Phi) is 3.46. The maximum absolute atomic E-state index is 11.4. The third kappa shape index (κ3) is 2.49. The van der Waals surface area contributed by atoms with E-state index in [0.717, 1.165) is 18.7 Å². The first kappa shape index (κ1) is 11.7. The lowest BCUT2D eigenvalue weighted by molar-refractivity contribution is -0.144. The van der Waals surface area contributed by atoms with E-state index in [-0.39, 0.29) is 11.9 Å². The number of esters is 1. The molecule has 0 amide bonds. The third-order valence-electron chi connectivity index (χ3n) is 3.02. The molecule has 1 aromatic rings. The molecule has 1 aliphatic rings. The van der Waals surface area contributed by atoms with Crippen LogP contribution in [-0.4, -0.2) is 38.3 Å². The Morgan fingerprint density at radius 1 is 1.53 bits per heavy atom. The summed E-state index contributed by atoms with van der Waals surface area (Å²) >= 11 is 0. The van der Waals surface area contributed by atoms with Gasteiger partial charge >= 0.3 is 5.97 Å². The second kappa shape index (κ2) is 5.03. The van der Waals surface area contributed by atoms with Gasteiger partial charge in [0.15, 0.2) is 0 Å². The molecule has 0 aromatic carbocycles. The van der Waals surface area contributed by atoms with Crippen molar-refractivity contribution in [3.63, 3.8) is 0 Å². The maximum Gasteiger partial charge on any atom is 0.310 e. The Morgan fingerprint density at radius 3 is 3.06 bits per heavy atom. The zero-order valence-corrected chi connectivity index (χ0v) is 10.0. The molecule has 1 unspecified atom stereocenters. The van der Waals surface area contributed by atoms with E-state index in [0.29, 0.717) is 12.4 Å². The van der Waals surface area contributed by atoms with Gasteiger partial charge in [-0.1, -0.05) is 0 Å². The SMILES string of the molecule is COC(=O)C1CCN(c2ccnc(OC)c2)C1. The van der Waals surface area contributed by atoms with Gasteiger partial charge in [-0.3, -0.25) is 4.79 Å². The highest BCUT2D eigenvalue weighted by molar-refractivity contribution is 5.74. The molecule has 0 bridgehead atoms. The number of pyridine rings is 1. The Hall–Kier alpha value is -1.78. The van der Waals surface area contributed by atoms with E-state index in [9.17, 15) is 4.79 Å². The van der Waals surface area contributed by atoms with Gasteiger partial charge in [0, 0.05) is 31.0 Å². The van der Waals surface area contributed by atoms with Crippen molar-refractivity contribution in [2.24, 2.45) is 5.92 Å². The first-order valence-electron chi connectivity index (χ1n) is 5.57. The highest BCUT2D eigenvalue weighted by Crippen LogP contribution is 2.26. The van der Waals surface area contributed by atoms with Crippen molar-refractivity contribution in [3.8, 4) is 5.88 Å². The molecule has 2 heterocycles. The first-order chi connectivity index (χ1) is 8.24. The van der Waals surface area contributed by atoms with E-state index in [1.807, 2.05) is 12.1 Å². The van der Waals surface area contributed by atoms with Crippen molar-refractivity contribution >= 4 is 11.7 Å². The number of nitrogens with zero attached hydrogens (tertiary/aromatic N) is 2. The van der Waals surface area contributed by atoms with Gasteiger partial charge in [0.2, 0.25) is 5.88 Å². The molecule has 1 atom stereocenters. The molecule has 5 heteroatoms. The summed E-state index contributed by atoms with van der Waals surface area (Å²) in [5.74, 6) is 0.427. The van der Waals surface area contributed by atoms with Crippen molar-refractivity contribution in [3.05, 3.63) is 18.3 Å². The number of ether oxygens (including phenoxy) is 2. The molecular weight excluding hydrogens is 220 g/mol. The van der Waals surface area contributed by atoms with E-state index in [1.54, 1.807) is 13.3 Å². The summed E-state index contributed by atoms with van der Waals surface area (Å²) < 4.78 is 9.84. The zero-order chi connectivity index (χ0) is 12.3. The molecule has 5 nitrogen and oxygen atoms in total. The fourth-order valence-corrected chi connectivity index (χ4v) is 2.06. The van der Waals surface area contributed by atoms with Crippen molar-refractivity contribution in [1.82, 2.24) is 4.98 Å². The van der Waals surface area contributed by atoms with Gasteiger partial charge in [-0.2, -0.15) is 0 Å². The minimum absolute atomic E-state index is 0.0286. The van der Waals surface area contributed by atoms with Crippen LogP contribution in [0.25, 0.3) is 0 Å². The Balaban J connectivity index is 2.07. The van der Waals surface area contributed by atoms with E-state index < -0.39 is 0 Å². The molecule has 2 rings (SSSR count). The molecule has 1 aliphatic heterocycles. The summed E-state index contributed by atoms with van der Waals surface area (Å²) in [6, 6.07) is 3.79. The van der Waals surface area contributed by atoms with Gasteiger partial charge in [-0.15, -0.1) is 0 Å². The van der Waals surface area contributed by atoms with Crippen LogP contribution in [0.15, 0.2) is 18.3 Å². The molecule has 0 aliphatic carbocycles. The fraction of sp³-hybridized carbons (Fsp3) is 0.500. The summed E-state index contributed by atoms with van der Waals surface area (Å²) in [6.07, 6.45) is 2.54. The molecule has 1 saturated heterocycles. The van der Waals surface area contributed by atoms with Crippen LogP contribution in [0.4, 0.5) is 5.69 Å². The molecular formula is C12H16N2O3. The third-order valence-corrected chi connectivity index (χ3v) is 3.02. The first-order valence-corrected chi connectivity index (χ1v) is 5.57. The number of anilines is 1. The van der Waals surface area contributed by atoms with E-state index in [1.165, 1.54) is 7.11 Å². The molecule has 0 spiro atoms. The van der Waals surface area contributed by atoms with Crippen LogP contribution in [0.5, 0.6) is 5.88 Å². The van der Waals surface area contributed by atoms with Crippen LogP contribution >= 0.6 is 0 Å². The number of aromatic nitrogens is 1. The molecule has 1 fully saturated rings. The predicted octanol–water partition coefficient (Wildman–Crippen LogP) is 1.09. The van der Waals surface area contributed by atoms with Gasteiger partial charge in [0.05, 0.1) is 20.1 Å². The van der Waals surface area contributed by atoms with Crippen LogP contribution in [0.1, 0.15) is 6.42 Å². The summed E-state index contributed by atoms with van der Waals surface area (Å²) in [7, 11) is 3.02. The van der Waals surface area contributed by atoms with Crippen molar-refractivity contribution in [1.29, 1.82) is 0 Å². The molecule has 0 N–H and O–H groups in total. The summed E-state index contributed by atoms with van der Waals surface area (Å²) in [6.45, 7) is 1.55. The number of hydrogen-bond donors (Lipinski definition) is 0. The Labute approximate surface area is 100 Å². The fourth-order valence-electron chi connectivity index (χ4n) is 2.06. The highest BCUT2D eigenvalue weighted by Gasteiger charge is 2.29. The average molecular weight is 236 g/mol. The van der Waals surface area contributed by atoms with Gasteiger partial charge < -0.3 is 14.4 Å². The number of carbonyl (C=O) groups is 1. The molecule has 92 valence electrons. The average Bonchev–Trinajstić information content (AvgIpc) is 2.87. The number of rotatable bonds is 3. The topological polar surface area (TPSA) is 51.7 Å². The lowest BCUT2D eigenvalue weighted by Gasteiger charge is -2.18. The maximum atomic E-state index is 11.4. The van der Waals surface area contributed by atoms with Gasteiger partial charge in [-0.25, -0.2) is 4.98 Å². The van der Waals surface area contributed by atoms with Crippen LogP contribution in [-0.2, 0) is 9.53 Å². The monoisotopic (exact) mass is 236 g/mol. The molecule has 0 radical (unpaired) electrons. The second-order valence-corrected chi connectivity index (χ2v) is 4.01. The van der Waals surface area contributed by atoms with Gasteiger partial charge in [-0.05, 0) is 12.5 Å². The van der Waals surface area contributed by atoms with Crippen LogP contribution in [0.3, 0.4) is 0 Å². The van der Waals surface area contributed by atoms with Crippen molar-refractivity contribution < 1.29 is 14.3 Å². The number of carbonyl (C=O) groups excluding carboxylic acids is 1. The van der Waals surface area contributed by atoms with Crippen molar-refractivity contribution in [2.75, 3.05) is 32.2 Å². The minimum atomic E-state index is -0.131. The lowest BCUT2D eigenvalue weighted by atomic mass is 10.1. The van der Waals surface area contributed by atoms with Crippen LogP contribution in [0, 0.1) is 5.92 Å². The predicted molar refractivity (Wildman–Crippen MR) is 63.1 cm³/mol. The Bertz CT molecular complexity index is 408. The second-order valence-electron chi connectivity index (χ2n) is 4.01. The largest absolute Gasteiger partial charge is 0.481 e. The molecule has 0 saturated carbocycles. The van der Waals surface area contributed by atoms with E-state index >= 15 is 0 Å². The molecule has 1 aromatic heterocycles. The van der Waals surface area contributed by atoms with E-state index in [4.69, 9.17) is 9.47 Å². The van der Waals surface area contributed by atoms with Crippen LogP contribution in [0.2, 0.25) is 0 Å². The van der Waals surface area contributed by atoms with Crippen molar-refractivity contribution in [2.45, 2.75) is 6.42 Å². The summed E-state index contributed by atoms with van der Waals surface area (Å²) in [5.41, 5.74) is 1.03. The normalized spacial score (nSPS) is 19.2. The van der Waals surface area contributed by atoms with E-state index in [2.05, 4.69) is 9.88 Å². The highest BCUT2D eigenvalue weighted by atomic mass is 16.5. The summed E-state index contributed by atoms with van der Waals surface area (Å²) in [5, 5.41) is 0. The zero-order valence-electron chi connectivity index (χ0n) is 10.0. The van der Waals surface area contributed by atoms with Gasteiger partial charge in [0.1, 0.15) is 0 Å². The number of hydrogen-bond acceptors (Lipinski definition) is 5. The number of methoxy groups -OCH3 is 2. The summed E-state index contributed by atoms with van der Waals surface area (Å²) in [4.78, 5) is 17.6. The standard InChI is InChI=1S/C12H16N2O3/c1-16-11-7-10(3-5-13-11)14-6-4-9(8-14)12(15)17-2/h3,5,7,9H,4,6,8H2,1-2H3. The quantitative estimate of drug-likeness (QED) is 0.735. The minimum Gasteiger partial charge on any atom is -0.481 e. The molecule has 17 heavy (non-hydrogen) atoms. The smallest absolute Gasteiger partial charge is 0.310 e. The van der Waals surface area contributed by atoms with Crippen LogP contribution < -0.4 is 9.64 Å². The van der Waals surface area contributed by atoms with Gasteiger partial charge in [0.25, 0.3) is 0 Å². The Morgan fingerprint density at radius 2 is 2.35 bits per heavy atom.